The number of aromatic nitrogens is 3. The molecule has 7 nitrogen and oxygen atoms in total. The van der Waals surface area contributed by atoms with E-state index in [1.165, 1.54) is 0 Å². The molecule has 9 heteroatoms. The fraction of sp³-hybridized carbons (Fsp3) is 0.357. The topological polar surface area (TPSA) is 75.1 Å². The minimum Gasteiger partial charge on any atom is -0.363 e. The second-order valence-corrected chi connectivity index (χ2v) is 4.96. The van der Waals surface area contributed by atoms with Gasteiger partial charge in [-0.15, -0.1) is 24.8 Å². The summed E-state index contributed by atoms with van der Waals surface area (Å²) in [6.45, 7) is 0. The number of hydrogen-bond donors (Lipinski definition) is 2. The molecule has 1 unspecified atom stereocenters. The molecule has 128 valence electrons. The Bertz CT molecular complexity index is 631. The van der Waals surface area contributed by atoms with Gasteiger partial charge in [0.15, 0.2) is 0 Å². The number of aryl methyl sites for hydroxylation is 1. The molecule has 1 atom stereocenters. The highest BCUT2D eigenvalue weighted by Crippen LogP contribution is 2.17. The smallest absolute Gasteiger partial charge is 0.246 e. The number of likely N-dealkylation sites (N-methyl/N-ethyl adjacent to an activating group) is 1. The van der Waals surface area contributed by atoms with Gasteiger partial charge in [-0.3, -0.25) is 9.48 Å². The molecule has 0 aliphatic rings. The van der Waals surface area contributed by atoms with Crippen LogP contribution in [-0.2, 0) is 11.8 Å². The van der Waals surface area contributed by atoms with Crippen molar-refractivity contribution >= 4 is 42.2 Å². The van der Waals surface area contributed by atoms with E-state index in [4.69, 9.17) is 0 Å². The summed E-state index contributed by atoms with van der Waals surface area (Å²) in [5.41, 5.74) is 1.53. The Morgan fingerprint density at radius 1 is 1.35 bits per heavy atom. The van der Waals surface area contributed by atoms with E-state index in [0.29, 0.717) is 5.69 Å². The van der Waals surface area contributed by atoms with Crippen LogP contribution in [-0.4, -0.2) is 41.8 Å². The summed E-state index contributed by atoms with van der Waals surface area (Å²) in [5, 5.41) is 9.98. The second kappa shape index (κ2) is 9.34. The monoisotopic (exact) mass is 360 g/mol. The number of anilines is 2. The standard InChI is InChI=1S/C14H20N6O.2ClH/c1-15-13(10-8-17-20(4)9-10)14(21)18-11-5-6-16-12(7-11)19(2)3;;/h5-9,13,15H,1-4H3,(H,16,18,21);2*1H. The molecule has 2 heterocycles. The van der Waals surface area contributed by atoms with Crippen molar-refractivity contribution in [3.8, 4) is 0 Å². The van der Waals surface area contributed by atoms with Crippen molar-refractivity contribution in [1.82, 2.24) is 20.1 Å². The number of nitrogens with zero attached hydrogens (tertiary/aromatic N) is 4. The molecule has 2 aromatic rings. The lowest BCUT2D eigenvalue weighted by Crippen LogP contribution is -2.30. The summed E-state index contributed by atoms with van der Waals surface area (Å²) in [7, 11) is 7.37. The van der Waals surface area contributed by atoms with E-state index in [1.54, 1.807) is 30.2 Å². The van der Waals surface area contributed by atoms with Crippen LogP contribution >= 0.6 is 24.8 Å². The number of hydrogen-bond acceptors (Lipinski definition) is 5. The van der Waals surface area contributed by atoms with Gasteiger partial charge in [-0.05, 0) is 13.1 Å². The highest BCUT2D eigenvalue weighted by atomic mass is 35.5. The molecule has 0 saturated heterocycles. The van der Waals surface area contributed by atoms with Gasteiger partial charge >= 0.3 is 0 Å². The van der Waals surface area contributed by atoms with E-state index in [1.807, 2.05) is 38.3 Å². The second-order valence-electron chi connectivity index (χ2n) is 4.96. The van der Waals surface area contributed by atoms with Crippen molar-refractivity contribution < 1.29 is 4.79 Å². The van der Waals surface area contributed by atoms with Crippen molar-refractivity contribution in [1.29, 1.82) is 0 Å². The van der Waals surface area contributed by atoms with Gasteiger partial charge in [-0.2, -0.15) is 5.10 Å². The van der Waals surface area contributed by atoms with Crippen LogP contribution in [0.15, 0.2) is 30.7 Å². The van der Waals surface area contributed by atoms with Crippen LogP contribution in [0.2, 0.25) is 0 Å². The fourth-order valence-corrected chi connectivity index (χ4v) is 1.99. The zero-order valence-corrected chi connectivity index (χ0v) is 15.1. The Balaban J connectivity index is 0.00000242. The summed E-state index contributed by atoms with van der Waals surface area (Å²) < 4.78 is 1.67. The van der Waals surface area contributed by atoms with E-state index in [2.05, 4.69) is 20.7 Å². The van der Waals surface area contributed by atoms with Crippen LogP contribution in [0.1, 0.15) is 11.6 Å². The van der Waals surface area contributed by atoms with Gasteiger partial charge in [0.1, 0.15) is 11.9 Å². The van der Waals surface area contributed by atoms with Crippen LogP contribution in [0, 0.1) is 0 Å². The van der Waals surface area contributed by atoms with Crippen molar-refractivity contribution in [3.63, 3.8) is 0 Å². The lowest BCUT2D eigenvalue weighted by atomic mass is 10.1. The van der Waals surface area contributed by atoms with Crippen molar-refractivity contribution in [2.24, 2.45) is 7.05 Å². The number of rotatable bonds is 5. The predicted octanol–water partition coefficient (Wildman–Crippen LogP) is 1.62. The molecule has 0 bridgehead atoms. The van der Waals surface area contributed by atoms with Crippen molar-refractivity contribution in [3.05, 3.63) is 36.3 Å². The zero-order chi connectivity index (χ0) is 15.4. The maximum Gasteiger partial charge on any atom is 0.246 e. The lowest BCUT2D eigenvalue weighted by molar-refractivity contribution is -0.118. The first kappa shape index (κ1) is 21.2. The Morgan fingerprint density at radius 3 is 2.57 bits per heavy atom. The molecule has 0 radical (unpaired) electrons. The highest BCUT2D eigenvalue weighted by molar-refractivity contribution is 5.95. The third-order valence-corrected chi connectivity index (χ3v) is 3.08. The van der Waals surface area contributed by atoms with E-state index < -0.39 is 6.04 Å². The molecule has 0 spiro atoms. The molecule has 2 rings (SSSR count). The fourth-order valence-electron chi connectivity index (χ4n) is 1.99. The Hall–Kier alpha value is -1.83. The Kier molecular flexibility index (Phi) is 8.60. The maximum atomic E-state index is 12.4. The number of halogens is 2. The Labute approximate surface area is 148 Å². The summed E-state index contributed by atoms with van der Waals surface area (Å²) in [4.78, 5) is 18.5. The van der Waals surface area contributed by atoms with Gasteiger partial charge in [0.2, 0.25) is 5.91 Å². The number of amides is 1. The molecule has 0 aliphatic heterocycles. The molecule has 1 amide bonds. The summed E-state index contributed by atoms with van der Waals surface area (Å²) in [6.07, 6.45) is 5.17. The first-order chi connectivity index (χ1) is 10.0. The van der Waals surface area contributed by atoms with Crippen LogP contribution in [0.3, 0.4) is 0 Å². The molecule has 23 heavy (non-hydrogen) atoms. The third kappa shape index (κ3) is 5.38. The van der Waals surface area contributed by atoms with Gasteiger partial charge in [0, 0.05) is 50.9 Å². The average Bonchev–Trinajstić information content (AvgIpc) is 2.86. The van der Waals surface area contributed by atoms with Gasteiger partial charge in [-0.25, -0.2) is 4.98 Å². The third-order valence-electron chi connectivity index (χ3n) is 3.08. The minimum absolute atomic E-state index is 0. The maximum absolute atomic E-state index is 12.4. The molecule has 0 aromatic carbocycles. The van der Waals surface area contributed by atoms with E-state index >= 15 is 0 Å². The van der Waals surface area contributed by atoms with Crippen LogP contribution < -0.4 is 15.5 Å². The van der Waals surface area contributed by atoms with E-state index in [0.717, 1.165) is 11.4 Å². The van der Waals surface area contributed by atoms with Crippen LogP contribution in [0.4, 0.5) is 11.5 Å². The molecule has 0 saturated carbocycles. The average molecular weight is 361 g/mol. The summed E-state index contributed by atoms with van der Waals surface area (Å²) in [6, 6.07) is 3.14. The number of carbonyl (C=O) groups excluding carboxylic acids is 1. The molecular formula is C14H22Cl2N6O. The quantitative estimate of drug-likeness (QED) is 0.847. The van der Waals surface area contributed by atoms with Gasteiger partial charge < -0.3 is 15.5 Å². The molecule has 0 fully saturated rings. The lowest BCUT2D eigenvalue weighted by Gasteiger charge is -2.16. The summed E-state index contributed by atoms with van der Waals surface area (Å²) >= 11 is 0. The van der Waals surface area contributed by atoms with E-state index in [9.17, 15) is 4.79 Å². The summed E-state index contributed by atoms with van der Waals surface area (Å²) in [5.74, 6) is 0.650. The van der Waals surface area contributed by atoms with Crippen molar-refractivity contribution in [2.75, 3.05) is 31.4 Å². The largest absolute Gasteiger partial charge is 0.363 e. The molecular weight excluding hydrogens is 339 g/mol. The first-order valence-corrected chi connectivity index (χ1v) is 6.61. The first-order valence-electron chi connectivity index (χ1n) is 6.61. The number of carbonyl (C=O) groups is 1. The number of pyridine rings is 1. The van der Waals surface area contributed by atoms with Crippen LogP contribution in [0.5, 0.6) is 0 Å². The van der Waals surface area contributed by atoms with Gasteiger partial charge in [0.25, 0.3) is 0 Å². The molecule has 2 aromatic heterocycles. The van der Waals surface area contributed by atoms with Gasteiger partial charge in [0.05, 0.1) is 6.20 Å². The zero-order valence-electron chi connectivity index (χ0n) is 13.5. The Morgan fingerprint density at radius 2 is 2.04 bits per heavy atom. The predicted molar refractivity (Wildman–Crippen MR) is 96.7 cm³/mol. The molecule has 0 aliphatic carbocycles. The number of nitrogens with one attached hydrogen (secondary N) is 2. The van der Waals surface area contributed by atoms with Gasteiger partial charge in [-0.1, -0.05) is 0 Å². The van der Waals surface area contributed by atoms with Crippen LogP contribution in [0.25, 0.3) is 0 Å². The minimum atomic E-state index is -0.449. The van der Waals surface area contributed by atoms with Crippen molar-refractivity contribution in [2.45, 2.75) is 6.04 Å². The van der Waals surface area contributed by atoms with E-state index in [-0.39, 0.29) is 30.7 Å². The normalized spacial score (nSPS) is 11.0. The highest BCUT2D eigenvalue weighted by Gasteiger charge is 2.20. The SMILES string of the molecule is CNC(C(=O)Nc1ccnc(N(C)C)c1)c1cnn(C)c1.Cl.Cl. The molecule has 2 N–H and O–H groups in total.